The van der Waals surface area contributed by atoms with E-state index in [0.29, 0.717) is 6.42 Å². The molecule has 0 amide bonds. The fourth-order valence-electron chi connectivity index (χ4n) is 3.11. The van der Waals surface area contributed by atoms with Gasteiger partial charge in [0.1, 0.15) is 0 Å². The number of carbonyl (C=O) groups is 3. The zero-order chi connectivity index (χ0) is 20.8. The number of hydrogen-bond donors (Lipinski definition) is 4. The Hall–Kier alpha value is -3.87. The van der Waals surface area contributed by atoms with E-state index in [0.717, 1.165) is 32.9 Å². The Morgan fingerprint density at radius 1 is 0.759 bits per heavy atom. The van der Waals surface area contributed by atoms with Crippen LogP contribution in [0.4, 0.5) is 0 Å². The lowest BCUT2D eigenvalue weighted by Gasteiger charge is -1.95. The SMILES string of the molecule is O=C(O)C(=O)Cc1c[nH]c2ccccc12.O=C(O)CCc1c[nH]c2ccccc12. The molecule has 2 aromatic carbocycles. The van der Waals surface area contributed by atoms with Crippen molar-refractivity contribution in [1.29, 1.82) is 0 Å². The third-order valence-corrected chi connectivity index (χ3v) is 4.55. The van der Waals surface area contributed by atoms with Gasteiger partial charge < -0.3 is 20.2 Å². The maximum atomic E-state index is 11.0. The first-order valence-electron chi connectivity index (χ1n) is 9.03. The number of carbonyl (C=O) groups excluding carboxylic acids is 1. The Labute approximate surface area is 166 Å². The molecule has 0 fully saturated rings. The van der Waals surface area contributed by atoms with Gasteiger partial charge in [-0.1, -0.05) is 36.4 Å². The first kappa shape index (κ1) is 19.9. The molecule has 0 radical (unpaired) electrons. The Bertz CT molecular complexity index is 1170. The molecule has 0 bridgehead atoms. The lowest BCUT2D eigenvalue weighted by atomic mass is 10.1. The second-order valence-corrected chi connectivity index (χ2v) is 6.52. The number of aliphatic carboxylic acids is 2. The van der Waals surface area contributed by atoms with Gasteiger partial charge in [0.15, 0.2) is 0 Å². The molecule has 2 aromatic heterocycles. The molecule has 0 aliphatic heterocycles. The summed E-state index contributed by atoms with van der Waals surface area (Å²) in [5.74, 6) is -2.93. The topological polar surface area (TPSA) is 123 Å². The highest BCUT2D eigenvalue weighted by molar-refractivity contribution is 6.33. The highest BCUT2D eigenvalue weighted by Gasteiger charge is 2.14. The van der Waals surface area contributed by atoms with Crippen molar-refractivity contribution in [3.8, 4) is 0 Å². The van der Waals surface area contributed by atoms with E-state index in [4.69, 9.17) is 10.2 Å². The molecule has 7 nitrogen and oxygen atoms in total. The van der Waals surface area contributed by atoms with Crippen molar-refractivity contribution in [2.24, 2.45) is 0 Å². The first-order valence-corrected chi connectivity index (χ1v) is 9.03. The summed E-state index contributed by atoms with van der Waals surface area (Å²) < 4.78 is 0. The van der Waals surface area contributed by atoms with Gasteiger partial charge in [0.25, 0.3) is 0 Å². The summed E-state index contributed by atoms with van der Waals surface area (Å²) in [7, 11) is 0. The minimum Gasteiger partial charge on any atom is -0.481 e. The molecule has 0 unspecified atom stereocenters. The molecule has 4 N–H and O–H groups in total. The monoisotopic (exact) mass is 392 g/mol. The van der Waals surface area contributed by atoms with Crippen LogP contribution in [0.1, 0.15) is 17.5 Å². The van der Waals surface area contributed by atoms with Crippen molar-refractivity contribution >= 4 is 39.5 Å². The summed E-state index contributed by atoms with van der Waals surface area (Å²) in [5.41, 5.74) is 3.76. The van der Waals surface area contributed by atoms with E-state index in [2.05, 4.69) is 9.97 Å². The van der Waals surface area contributed by atoms with Crippen LogP contribution >= 0.6 is 0 Å². The molecule has 0 aliphatic carbocycles. The summed E-state index contributed by atoms with van der Waals surface area (Å²) in [5, 5.41) is 19.1. The number of benzene rings is 2. The summed E-state index contributed by atoms with van der Waals surface area (Å²) in [6.07, 6.45) is 4.25. The molecule has 7 heteroatoms. The van der Waals surface area contributed by atoms with Crippen molar-refractivity contribution in [3.63, 3.8) is 0 Å². The Morgan fingerprint density at radius 3 is 1.83 bits per heavy atom. The van der Waals surface area contributed by atoms with Crippen LogP contribution in [0.2, 0.25) is 0 Å². The molecule has 148 valence electrons. The maximum absolute atomic E-state index is 11.0. The Kier molecular flexibility index (Phi) is 6.09. The van der Waals surface area contributed by atoms with E-state index in [-0.39, 0.29) is 12.8 Å². The molecular weight excluding hydrogens is 372 g/mol. The zero-order valence-electron chi connectivity index (χ0n) is 15.5. The van der Waals surface area contributed by atoms with Crippen LogP contribution in [-0.4, -0.2) is 37.9 Å². The molecular formula is C22H20N2O5. The van der Waals surface area contributed by atoms with Crippen LogP contribution in [0.25, 0.3) is 21.8 Å². The predicted molar refractivity (Wildman–Crippen MR) is 109 cm³/mol. The Balaban J connectivity index is 0.000000166. The van der Waals surface area contributed by atoms with E-state index in [9.17, 15) is 14.4 Å². The summed E-state index contributed by atoms with van der Waals surface area (Å²) in [6.45, 7) is 0. The van der Waals surface area contributed by atoms with Crippen LogP contribution in [0.15, 0.2) is 60.9 Å². The number of fused-ring (bicyclic) bond motifs is 2. The van der Waals surface area contributed by atoms with E-state index < -0.39 is 17.7 Å². The number of H-pyrrole nitrogens is 2. The first-order chi connectivity index (χ1) is 14.0. The lowest BCUT2D eigenvalue weighted by molar-refractivity contribution is -0.148. The number of nitrogens with one attached hydrogen (secondary N) is 2. The average molecular weight is 392 g/mol. The van der Waals surface area contributed by atoms with Crippen LogP contribution < -0.4 is 0 Å². The number of aryl methyl sites for hydroxylation is 1. The standard InChI is InChI=1S/C11H9NO3.C11H11NO2/c13-10(11(14)15)5-7-6-12-9-4-2-1-3-8(7)9;13-11(14)6-5-8-7-12-10-4-2-1-3-9(8)10/h1-4,6,12H,5H2,(H,14,15);1-4,7,12H,5-6H2,(H,13,14). The summed E-state index contributed by atoms with van der Waals surface area (Å²) in [4.78, 5) is 38.0. The van der Waals surface area contributed by atoms with Crippen molar-refractivity contribution in [2.75, 3.05) is 0 Å². The second kappa shape index (κ2) is 8.88. The zero-order valence-corrected chi connectivity index (χ0v) is 15.5. The quantitative estimate of drug-likeness (QED) is 0.374. The third-order valence-electron chi connectivity index (χ3n) is 4.55. The molecule has 0 saturated carbocycles. The number of rotatable bonds is 6. The predicted octanol–water partition coefficient (Wildman–Crippen LogP) is 3.55. The van der Waals surface area contributed by atoms with Gasteiger partial charge in [0.2, 0.25) is 5.78 Å². The fraction of sp³-hybridized carbons (Fsp3) is 0.136. The third kappa shape index (κ3) is 4.90. The van der Waals surface area contributed by atoms with Gasteiger partial charge in [-0.15, -0.1) is 0 Å². The van der Waals surface area contributed by atoms with Gasteiger partial charge in [-0.3, -0.25) is 9.59 Å². The van der Waals surface area contributed by atoms with Gasteiger partial charge >= 0.3 is 11.9 Å². The van der Waals surface area contributed by atoms with E-state index in [1.807, 2.05) is 54.7 Å². The van der Waals surface area contributed by atoms with Gasteiger partial charge in [0, 0.05) is 47.0 Å². The van der Waals surface area contributed by atoms with E-state index in [1.165, 1.54) is 0 Å². The maximum Gasteiger partial charge on any atom is 0.372 e. The normalized spacial score (nSPS) is 10.5. The van der Waals surface area contributed by atoms with Crippen molar-refractivity contribution in [1.82, 2.24) is 9.97 Å². The molecule has 4 aromatic rings. The molecule has 0 saturated heterocycles. The fourth-order valence-corrected chi connectivity index (χ4v) is 3.11. The number of hydrogen-bond acceptors (Lipinski definition) is 3. The van der Waals surface area contributed by atoms with E-state index in [1.54, 1.807) is 6.20 Å². The largest absolute Gasteiger partial charge is 0.481 e. The van der Waals surface area contributed by atoms with Crippen molar-refractivity contribution < 1.29 is 24.6 Å². The van der Waals surface area contributed by atoms with Crippen LogP contribution in [-0.2, 0) is 27.2 Å². The minimum atomic E-state index is -1.39. The number of aromatic nitrogens is 2. The molecule has 2 heterocycles. The summed E-state index contributed by atoms with van der Waals surface area (Å²) in [6, 6.07) is 15.4. The molecule has 0 spiro atoms. The number of carboxylic acids is 2. The lowest BCUT2D eigenvalue weighted by Crippen LogP contribution is -2.14. The van der Waals surface area contributed by atoms with Gasteiger partial charge in [0.05, 0.1) is 0 Å². The van der Waals surface area contributed by atoms with Gasteiger partial charge in [-0.2, -0.15) is 0 Å². The highest BCUT2D eigenvalue weighted by Crippen LogP contribution is 2.19. The Morgan fingerprint density at radius 2 is 1.28 bits per heavy atom. The van der Waals surface area contributed by atoms with Crippen molar-refractivity contribution in [2.45, 2.75) is 19.3 Å². The highest BCUT2D eigenvalue weighted by atomic mass is 16.4. The minimum absolute atomic E-state index is 0.0701. The van der Waals surface area contributed by atoms with Crippen molar-refractivity contribution in [3.05, 3.63) is 72.1 Å². The van der Waals surface area contributed by atoms with Crippen LogP contribution in [0.3, 0.4) is 0 Å². The second-order valence-electron chi connectivity index (χ2n) is 6.52. The number of para-hydroxylation sites is 2. The van der Waals surface area contributed by atoms with Crippen LogP contribution in [0.5, 0.6) is 0 Å². The number of Topliss-reactive ketones (excluding diaryl/α,β-unsaturated/α-hetero) is 1. The van der Waals surface area contributed by atoms with Gasteiger partial charge in [-0.05, 0) is 29.7 Å². The number of aromatic amines is 2. The number of carboxylic acid groups (broad SMARTS) is 2. The number of ketones is 1. The summed E-state index contributed by atoms with van der Waals surface area (Å²) >= 11 is 0. The van der Waals surface area contributed by atoms with E-state index >= 15 is 0 Å². The molecule has 29 heavy (non-hydrogen) atoms. The van der Waals surface area contributed by atoms with Gasteiger partial charge in [-0.25, -0.2) is 4.79 Å². The molecule has 0 aliphatic rings. The molecule has 0 atom stereocenters. The molecule has 4 rings (SSSR count). The van der Waals surface area contributed by atoms with Crippen LogP contribution in [0, 0.1) is 0 Å². The average Bonchev–Trinajstić information content (AvgIpc) is 3.31. The smallest absolute Gasteiger partial charge is 0.372 e.